The van der Waals surface area contributed by atoms with Crippen LogP contribution >= 0.6 is 0 Å². The van der Waals surface area contributed by atoms with Crippen LogP contribution in [-0.2, 0) is 4.79 Å². The average molecular weight is 264 g/mol. The van der Waals surface area contributed by atoms with Gasteiger partial charge in [0.15, 0.2) is 5.78 Å². The highest BCUT2D eigenvalue weighted by atomic mass is 16.3. The van der Waals surface area contributed by atoms with E-state index in [1.165, 1.54) is 6.42 Å². The molecule has 1 N–H and O–H groups in total. The molecule has 3 saturated carbocycles. The van der Waals surface area contributed by atoms with Crippen LogP contribution < -0.4 is 0 Å². The van der Waals surface area contributed by atoms with Crippen LogP contribution in [0.15, 0.2) is 12.2 Å². The van der Waals surface area contributed by atoms with Gasteiger partial charge in [0.2, 0.25) is 0 Å². The molecule has 3 aliphatic rings. The fraction of sp³-hybridized carbons (Fsp3) is 0.824. The van der Waals surface area contributed by atoms with E-state index < -0.39 is 0 Å². The van der Waals surface area contributed by atoms with Gasteiger partial charge in [0.05, 0.1) is 6.10 Å². The lowest BCUT2D eigenvalue weighted by Gasteiger charge is -2.61. The Labute approximate surface area is 117 Å². The van der Waals surface area contributed by atoms with Crippen molar-refractivity contribution >= 4 is 5.78 Å². The van der Waals surface area contributed by atoms with Crippen LogP contribution in [0.4, 0.5) is 0 Å². The van der Waals surface area contributed by atoms with Crippen molar-refractivity contribution in [2.45, 2.75) is 65.9 Å². The molecule has 0 amide bonds. The van der Waals surface area contributed by atoms with E-state index in [2.05, 4.69) is 27.4 Å². The van der Waals surface area contributed by atoms with E-state index in [0.717, 1.165) is 19.3 Å². The minimum absolute atomic E-state index is 0.0527. The highest BCUT2D eigenvalue weighted by Crippen LogP contribution is 2.63. The zero-order valence-electron chi connectivity index (χ0n) is 12.8. The summed E-state index contributed by atoms with van der Waals surface area (Å²) in [5.41, 5.74) is 0.832. The molecule has 0 aromatic heterocycles. The first-order valence-electron chi connectivity index (χ1n) is 7.58. The van der Waals surface area contributed by atoms with Crippen molar-refractivity contribution in [1.29, 1.82) is 0 Å². The fourth-order valence-corrected chi connectivity index (χ4v) is 4.70. The molecule has 3 aliphatic carbocycles. The van der Waals surface area contributed by atoms with Gasteiger partial charge in [-0.2, -0.15) is 0 Å². The van der Waals surface area contributed by atoms with Crippen LogP contribution in [0, 0.1) is 22.7 Å². The first kappa shape index (κ1) is 14.8. The van der Waals surface area contributed by atoms with Crippen LogP contribution in [0.5, 0.6) is 0 Å². The van der Waals surface area contributed by atoms with Crippen LogP contribution in [0.2, 0.25) is 0 Å². The Morgan fingerprint density at radius 2 is 2.00 bits per heavy atom. The topological polar surface area (TPSA) is 37.3 Å². The van der Waals surface area contributed by atoms with E-state index in [1.54, 1.807) is 6.92 Å². The molecule has 2 nitrogen and oxygen atoms in total. The number of fused-ring (bicyclic) bond motifs is 3. The van der Waals surface area contributed by atoms with Crippen LogP contribution in [0.3, 0.4) is 0 Å². The van der Waals surface area contributed by atoms with Gasteiger partial charge in [-0.05, 0) is 55.4 Å². The second-order valence-corrected chi connectivity index (χ2v) is 7.61. The van der Waals surface area contributed by atoms with Gasteiger partial charge in [-0.3, -0.25) is 4.79 Å². The molecule has 0 heterocycles. The first-order chi connectivity index (χ1) is 8.71. The lowest BCUT2D eigenvalue weighted by molar-refractivity contribution is -0.175. The first-order valence-corrected chi connectivity index (χ1v) is 7.58. The summed E-state index contributed by atoms with van der Waals surface area (Å²) in [6, 6.07) is 0. The number of aliphatic hydroxyl groups excluding tert-OH is 1. The molecule has 0 aromatic carbocycles. The van der Waals surface area contributed by atoms with E-state index in [-0.39, 0.29) is 22.7 Å². The summed E-state index contributed by atoms with van der Waals surface area (Å²) in [4.78, 5) is 12.1. The number of carbonyl (C=O) groups excluding carboxylic acids is 1. The molecule has 3 fully saturated rings. The maximum absolute atomic E-state index is 12.1. The number of hydrogen-bond acceptors (Lipinski definition) is 2. The molecule has 0 saturated heterocycles. The predicted octanol–water partition coefficient (Wildman–Crippen LogP) is 3.74. The van der Waals surface area contributed by atoms with Gasteiger partial charge < -0.3 is 5.11 Å². The van der Waals surface area contributed by atoms with Crippen molar-refractivity contribution in [3.05, 3.63) is 12.2 Å². The molecule has 4 unspecified atom stereocenters. The number of carbonyl (C=O) groups is 1. The van der Waals surface area contributed by atoms with Crippen molar-refractivity contribution in [2.24, 2.45) is 22.7 Å². The summed E-state index contributed by atoms with van der Waals surface area (Å²) in [7, 11) is 0. The summed E-state index contributed by atoms with van der Waals surface area (Å²) in [5, 5.41) is 10.7. The van der Waals surface area contributed by atoms with Gasteiger partial charge in [-0.25, -0.2) is 0 Å². The van der Waals surface area contributed by atoms with E-state index in [0.29, 0.717) is 23.8 Å². The molecule has 0 radical (unpaired) electrons. The molecular formula is C17H28O2. The number of hydrogen-bond donors (Lipinski definition) is 1. The molecule has 19 heavy (non-hydrogen) atoms. The molecule has 0 spiro atoms. The van der Waals surface area contributed by atoms with Gasteiger partial charge in [0.25, 0.3) is 0 Å². The van der Waals surface area contributed by atoms with Crippen molar-refractivity contribution < 1.29 is 9.90 Å². The van der Waals surface area contributed by atoms with E-state index >= 15 is 0 Å². The molecule has 3 rings (SSSR count). The number of rotatable bonds is 4. The van der Waals surface area contributed by atoms with Gasteiger partial charge in [-0.1, -0.05) is 27.4 Å². The summed E-state index contributed by atoms with van der Waals surface area (Å²) in [6.45, 7) is 12.3. The second kappa shape index (κ2) is 4.73. The Morgan fingerprint density at radius 1 is 1.37 bits per heavy atom. The minimum atomic E-state index is -0.247. The van der Waals surface area contributed by atoms with Crippen LogP contribution in [0.1, 0.15) is 59.8 Å². The zero-order chi connectivity index (χ0) is 14.4. The van der Waals surface area contributed by atoms with Crippen LogP contribution in [-0.4, -0.2) is 17.0 Å². The molecule has 4 atom stereocenters. The monoisotopic (exact) mass is 264 g/mol. The third kappa shape index (κ3) is 2.29. The maximum atomic E-state index is 12.1. The molecular weight excluding hydrogens is 236 g/mol. The van der Waals surface area contributed by atoms with Crippen molar-refractivity contribution in [3.63, 3.8) is 0 Å². The molecule has 2 bridgehead atoms. The van der Waals surface area contributed by atoms with Gasteiger partial charge in [-0.15, -0.1) is 0 Å². The smallest absolute Gasteiger partial charge is 0.158 e. The largest absolute Gasteiger partial charge is 0.393 e. The third-order valence-electron chi connectivity index (χ3n) is 5.95. The molecule has 0 aliphatic heterocycles. The van der Waals surface area contributed by atoms with E-state index in [1.807, 2.05) is 0 Å². The zero-order valence-corrected chi connectivity index (χ0v) is 12.8. The number of allylic oxidation sites excluding steroid dienone is 1. The Bertz CT molecular complexity index is 398. The Hall–Kier alpha value is -0.630. The molecule has 2 heteroatoms. The van der Waals surface area contributed by atoms with Crippen molar-refractivity contribution in [3.8, 4) is 0 Å². The van der Waals surface area contributed by atoms with Gasteiger partial charge in [0, 0.05) is 11.8 Å². The van der Waals surface area contributed by atoms with Gasteiger partial charge >= 0.3 is 0 Å². The second-order valence-electron chi connectivity index (χ2n) is 7.61. The van der Waals surface area contributed by atoms with Crippen molar-refractivity contribution in [1.82, 2.24) is 0 Å². The number of aliphatic hydroxyl groups is 1. The third-order valence-corrected chi connectivity index (χ3v) is 5.95. The Balaban J connectivity index is 2.30. The summed E-state index contributed by atoms with van der Waals surface area (Å²) >= 11 is 0. The van der Waals surface area contributed by atoms with Gasteiger partial charge in [0.1, 0.15) is 0 Å². The fourth-order valence-electron chi connectivity index (χ4n) is 4.70. The lowest BCUT2D eigenvalue weighted by atomic mass is 9.44. The molecule has 0 aromatic rings. The van der Waals surface area contributed by atoms with E-state index in [4.69, 9.17) is 0 Å². The van der Waals surface area contributed by atoms with Crippen LogP contribution in [0.25, 0.3) is 0 Å². The lowest BCUT2D eigenvalue weighted by Crippen LogP contribution is -2.58. The molecule has 108 valence electrons. The maximum Gasteiger partial charge on any atom is 0.158 e. The Morgan fingerprint density at radius 3 is 2.47 bits per heavy atom. The normalized spacial score (nSPS) is 41.6. The van der Waals surface area contributed by atoms with E-state index in [9.17, 15) is 9.90 Å². The summed E-state index contributed by atoms with van der Waals surface area (Å²) < 4.78 is 0. The number of Topliss-reactive ketones (excluding diaryl/α,β-unsaturated/α-hetero) is 1. The Kier molecular flexibility index (Phi) is 3.68. The highest BCUT2D eigenvalue weighted by molar-refractivity contribution is 5.94. The number of ketones is 1. The summed E-state index contributed by atoms with van der Waals surface area (Å²) in [5.74, 6) is 0.919. The van der Waals surface area contributed by atoms with Crippen molar-refractivity contribution in [2.75, 3.05) is 0 Å². The summed E-state index contributed by atoms with van der Waals surface area (Å²) in [6.07, 6.45) is 4.57. The highest BCUT2D eigenvalue weighted by Gasteiger charge is 2.58. The average Bonchev–Trinajstić information content (AvgIpc) is 2.27. The minimum Gasteiger partial charge on any atom is -0.393 e. The predicted molar refractivity (Wildman–Crippen MR) is 77.8 cm³/mol. The SMILES string of the molecule is C=C(C)C(=O)CC1CC2(C)CCC1(C(C)C)C(O)C2. The quantitative estimate of drug-likeness (QED) is 0.785. The standard InChI is InChI=1S/C17H28O2/c1-11(2)14(18)8-13-9-16(5)6-7-17(13,12(3)4)15(19)10-16/h12-13,15,19H,1,6-10H2,2-5H3.